The summed E-state index contributed by atoms with van der Waals surface area (Å²) >= 11 is 12.3. The Morgan fingerprint density at radius 2 is 2.00 bits per heavy atom. The number of fused-ring (bicyclic) bond motifs is 1. The summed E-state index contributed by atoms with van der Waals surface area (Å²) in [5.41, 5.74) is 2.28. The normalized spacial score (nSPS) is 21.5. The molecule has 1 aliphatic heterocycles. The number of nitrogens with zero attached hydrogens (tertiary/aromatic N) is 1. The minimum atomic E-state index is 0.221. The van der Waals surface area contributed by atoms with Gasteiger partial charge in [-0.2, -0.15) is 0 Å². The molecular weight excluding hydrogens is 267 g/mol. The molecule has 0 saturated carbocycles. The lowest BCUT2D eigenvalue weighted by atomic mass is 9.89. The van der Waals surface area contributed by atoms with Gasteiger partial charge in [-0.05, 0) is 30.7 Å². The van der Waals surface area contributed by atoms with Gasteiger partial charge in [-0.25, -0.2) is 4.98 Å². The maximum absolute atomic E-state index is 6.31. The van der Waals surface area contributed by atoms with Crippen LogP contribution in [0.4, 0.5) is 5.82 Å². The molecule has 18 heavy (non-hydrogen) atoms. The van der Waals surface area contributed by atoms with Gasteiger partial charge in [-0.3, -0.25) is 0 Å². The van der Waals surface area contributed by atoms with Gasteiger partial charge in [0, 0.05) is 33.8 Å². The first-order valence-corrected chi connectivity index (χ1v) is 6.59. The Morgan fingerprint density at radius 3 is 2.78 bits per heavy atom. The minimum Gasteiger partial charge on any atom is -0.366 e. The van der Waals surface area contributed by atoms with Crippen LogP contribution in [0.15, 0.2) is 36.5 Å². The average Bonchev–Trinajstić information content (AvgIpc) is 2.66. The first-order chi connectivity index (χ1) is 8.66. The van der Waals surface area contributed by atoms with Crippen LogP contribution in [0, 0.1) is 0 Å². The number of aromatic nitrogens is 1. The standard InChI is InChI=1S/C14H12Cl2N2/c1-8-13(10-5-4-9(15)7-12(10)16)11-3-2-6-17-14(11)18-8/h2-8,13H,1H3,(H,17,18). The molecule has 4 heteroatoms. The molecule has 2 heterocycles. The molecule has 0 radical (unpaired) electrons. The third kappa shape index (κ3) is 1.86. The second kappa shape index (κ2) is 4.45. The van der Waals surface area contributed by atoms with Crippen molar-refractivity contribution in [2.45, 2.75) is 18.9 Å². The van der Waals surface area contributed by atoms with Crippen LogP contribution in [-0.2, 0) is 0 Å². The third-order valence-electron chi connectivity index (χ3n) is 3.34. The molecule has 1 aromatic heterocycles. The molecule has 92 valence electrons. The van der Waals surface area contributed by atoms with Crippen molar-refractivity contribution < 1.29 is 0 Å². The van der Waals surface area contributed by atoms with E-state index in [1.54, 1.807) is 12.3 Å². The van der Waals surface area contributed by atoms with Crippen molar-refractivity contribution in [3.8, 4) is 0 Å². The first kappa shape index (κ1) is 11.8. The quantitative estimate of drug-likeness (QED) is 0.840. The van der Waals surface area contributed by atoms with E-state index < -0.39 is 0 Å². The predicted molar refractivity (Wildman–Crippen MR) is 75.6 cm³/mol. The maximum atomic E-state index is 6.31. The Bertz CT molecular complexity index is 598. The van der Waals surface area contributed by atoms with Gasteiger partial charge in [-0.15, -0.1) is 0 Å². The molecular formula is C14H12Cl2N2. The number of anilines is 1. The molecule has 2 unspecified atom stereocenters. The molecule has 2 atom stereocenters. The van der Waals surface area contributed by atoms with Gasteiger partial charge in [0.15, 0.2) is 0 Å². The summed E-state index contributed by atoms with van der Waals surface area (Å²) in [5.74, 6) is 1.17. The zero-order valence-electron chi connectivity index (χ0n) is 9.82. The van der Waals surface area contributed by atoms with E-state index in [1.165, 1.54) is 5.56 Å². The van der Waals surface area contributed by atoms with Gasteiger partial charge in [0.25, 0.3) is 0 Å². The fraction of sp³-hybridized carbons (Fsp3) is 0.214. The highest BCUT2D eigenvalue weighted by Crippen LogP contribution is 2.41. The van der Waals surface area contributed by atoms with E-state index in [-0.39, 0.29) is 12.0 Å². The van der Waals surface area contributed by atoms with E-state index in [2.05, 4.69) is 23.3 Å². The van der Waals surface area contributed by atoms with Gasteiger partial charge in [0.2, 0.25) is 0 Å². The van der Waals surface area contributed by atoms with E-state index >= 15 is 0 Å². The number of rotatable bonds is 1. The molecule has 2 aromatic rings. The molecule has 0 amide bonds. The second-order valence-electron chi connectivity index (χ2n) is 4.52. The van der Waals surface area contributed by atoms with E-state index in [0.717, 1.165) is 11.4 Å². The average molecular weight is 279 g/mol. The fourth-order valence-corrected chi connectivity index (χ4v) is 3.07. The van der Waals surface area contributed by atoms with Gasteiger partial charge >= 0.3 is 0 Å². The van der Waals surface area contributed by atoms with E-state index in [4.69, 9.17) is 23.2 Å². The third-order valence-corrected chi connectivity index (χ3v) is 3.90. The summed E-state index contributed by atoms with van der Waals surface area (Å²) in [5, 5.41) is 4.75. The number of halogens is 2. The van der Waals surface area contributed by atoms with Crippen molar-refractivity contribution in [3.05, 3.63) is 57.7 Å². The lowest BCUT2D eigenvalue weighted by Gasteiger charge is -2.18. The smallest absolute Gasteiger partial charge is 0.130 e. The number of nitrogens with one attached hydrogen (secondary N) is 1. The Hall–Kier alpha value is -1.25. The van der Waals surface area contributed by atoms with Gasteiger partial charge in [0.1, 0.15) is 5.82 Å². The molecule has 1 aliphatic rings. The van der Waals surface area contributed by atoms with Crippen molar-refractivity contribution in [2.24, 2.45) is 0 Å². The molecule has 3 rings (SSSR count). The van der Waals surface area contributed by atoms with E-state index in [9.17, 15) is 0 Å². The Balaban J connectivity index is 2.12. The van der Waals surface area contributed by atoms with Crippen LogP contribution in [-0.4, -0.2) is 11.0 Å². The summed E-state index contributed by atoms with van der Waals surface area (Å²) < 4.78 is 0. The first-order valence-electron chi connectivity index (χ1n) is 5.83. The van der Waals surface area contributed by atoms with Crippen LogP contribution in [0.1, 0.15) is 24.0 Å². The van der Waals surface area contributed by atoms with Crippen LogP contribution >= 0.6 is 23.2 Å². The summed E-state index contributed by atoms with van der Waals surface area (Å²) in [6, 6.07) is 9.98. The molecule has 0 bridgehead atoms. The number of benzene rings is 1. The SMILES string of the molecule is CC1Nc2ncccc2C1c1ccc(Cl)cc1Cl. The fourth-order valence-electron chi connectivity index (χ4n) is 2.55. The molecule has 0 spiro atoms. The zero-order valence-corrected chi connectivity index (χ0v) is 11.3. The highest BCUT2D eigenvalue weighted by molar-refractivity contribution is 6.35. The lowest BCUT2D eigenvalue weighted by Crippen LogP contribution is -2.17. The zero-order chi connectivity index (χ0) is 12.7. The number of hydrogen-bond acceptors (Lipinski definition) is 2. The Kier molecular flexibility index (Phi) is 2.92. The maximum Gasteiger partial charge on any atom is 0.130 e. The van der Waals surface area contributed by atoms with Crippen LogP contribution in [0.2, 0.25) is 10.0 Å². The predicted octanol–water partition coefficient (Wildman–Crippen LogP) is 4.33. The molecule has 2 nitrogen and oxygen atoms in total. The molecule has 0 fully saturated rings. The molecule has 0 aliphatic carbocycles. The Labute approximate surface area is 116 Å². The van der Waals surface area contributed by atoms with Crippen molar-refractivity contribution in [1.29, 1.82) is 0 Å². The largest absolute Gasteiger partial charge is 0.366 e. The van der Waals surface area contributed by atoms with Crippen molar-refractivity contribution in [1.82, 2.24) is 4.98 Å². The van der Waals surface area contributed by atoms with Crippen molar-refractivity contribution in [3.63, 3.8) is 0 Å². The lowest BCUT2D eigenvalue weighted by molar-refractivity contribution is 0.727. The number of hydrogen-bond donors (Lipinski definition) is 1. The molecule has 1 aromatic carbocycles. The van der Waals surface area contributed by atoms with Crippen LogP contribution in [0.3, 0.4) is 0 Å². The topological polar surface area (TPSA) is 24.9 Å². The van der Waals surface area contributed by atoms with Gasteiger partial charge < -0.3 is 5.32 Å². The highest BCUT2D eigenvalue weighted by Gasteiger charge is 2.32. The Morgan fingerprint density at radius 1 is 1.17 bits per heavy atom. The van der Waals surface area contributed by atoms with E-state index in [0.29, 0.717) is 10.0 Å². The van der Waals surface area contributed by atoms with Crippen molar-refractivity contribution >= 4 is 29.0 Å². The number of pyridine rings is 1. The van der Waals surface area contributed by atoms with E-state index in [1.807, 2.05) is 18.2 Å². The van der Waals surface area contributed by atoms with Gasteiger partial charge in [-0.1, -0.05) is 35.3 Å². The second-order valence-corrected chi connectivity index (χ2v) is 5.36. The molecule has 0 saturated heterocycles. The minimum absolute atomic E-state index is 0.221. The summed E-state index contributed by atoms with van der Waals surface area (Å²) in [6.07, 6.45) is 1.80. The summed E-state index contributed by atoms with van der Waals surface area (Å²) in [7, 11) is 0. The van der Waals surface area contributed by atoms with Crippen LogP contribution < -0.4 is 5.32 Å². The monoisotopic (exact) mass is 278 g/mol. The van der Waals surface area contributed by atoms with Crippen molar-refractivity contribution in [2.75, 3.05) is 5.32 Å². The van der Waals surface area contributed by atoms with Crippen LogP contribution in [0.25, 0.3) is 0 Å². The summed E-state index contributed by atoms with van der Waals surface area (Å²) in [6.45, 7) is 2.14. The summed E-state index contributed by atoms with van der Waals surface area (Å²) in [4.78, 5) is 4.35. The van der Waals surface area contributed by atoms with Crippen LogP contribution in [0.5, 0.6) is 0 Å². The van der Waals surface area contributed by atoms with Gasteiger partial charge in [0.05, 0.1) is 0 Å². The highest BCUT2D eigenvalue weighted by atomic mass is 35.5. The molecule has 1 N–H and O–H groups in total.